The summed E-state index contributed by atoms with van der Waals surface area (Å²) in [4.78, 5) is 39.8. The van der Waals surface area contributed by atoms with Gasteiger partial charge in [-0.05, 0) is 65.2 Å². The van der Waals surface area contributed by atoms with E-state index in [4.69, 9.17) is 16.3 Å². The monoisotopic (exact) mass is 514 g/mol. The van der Waals surface area contributed by atoms with Gasteiger partial charge in [-0.15, -0.1) is 0 Å². The highest BCUT2D eigenvalue weighted by atomic mass is 35.5. The number of benzene rings is 4. The van der Waals surface area contributed by atoms with Crippen LogP contribution in [0.2, 0.25) is 5.02 Å². The first-order valence-corrected chi connectivity index (χ1v) is 11.8. The van der Waals surface area contributed by atoms with Crippen LogP contribution in [-0.4, -0.2) is 17.8 Å². The first kappa shape index (κ1) is 24.2. The van der Waals surface area contributed by atoms with E-state index >= 15 is 0 Å². The molecular weight excluding hydrogens is 495 g/mol. The van der Waals surface area contributed by atoms with Gasteiger partial charge in [0.05, 0.1) is 5.69 Å². The molecule has 0 aliphatic carbocycles. The van der Waals surface area contributed by atoms with E-state index in [-0.39, 0.29) is 23.7 Å². The molecule has 37 heavy (non-hydrogen) atoms. The largest absolute Gasteiger partial charge is 0.488 e. The van der Waals surface area contributed by atoms with Crippen LogP contribution in [0, 0.1) is 12.7 Å². The van der Waals surface area contributed by atoms with E-state index in [2.05, 4.69) is 5.32 Å². The fourth-order valence-corrected chi connectivity index (χ4v) is 4.22. The SMILES string of the molecule is Cc1ccc(N2C(=O)NC(=O)/C(=C\c3c(OCc4ccc(F)cc4)ccc4ccccc34)C2=O)cc1Cl. The third kappa shape index (κ3) is 4.81. The van der Waals surface area contributed by atoms with E-state index in [1.165, 1.54) is 24.3 Å². The summed E-state index contributed by atoms with van der Waals surface area (Å²) in [6.07, 6.45) is 1.43. The highest BCUT2D eigenvalue weighted by Gasteiger charge is 2.37. The lowest BCUT2D eigenvalue weighted by Crippen LogP contribution is -2.54. The molecule has 0 unspecified atom stereocenters. The molecule has 4 aromatic rings. The molecule has 1 heterocycles. The van der Waals surface area contributed by atoms with Crippen molar-refractivity contribution >= 4 is 52.0 Å². The third-order valence-electron chi connectivity index (χ3n) is 6.04. The molecule has 0 saturated carbocycles. The fourth-order valence-electron chi connectivity index (χ4n) is 4.05. The number of aryl methyl sites for hydroxylation is 1. The number of carbonyl (C=O) groups excluding carboxylic acids is 3. The molecule has 8 heteroatoms. The molecular formula is C29H20ClFN2O4. The normalized spacial score (nSPS) is 14.8. The van der Waals surface area contributed by atoms with Gasteiger partial charge in [-0.25, -0.2) is 14.1 Å². The van der Waals surface area contributed by atoms with Gasteiger partial charge in [-0.3, -0.25) is 14.9 Å². The van der Waals surface area contributed by atoms with Crippen LogP contribution in [0.3, 0.4) is 0 Å². The Bertz CT molecular complexity index is 1600. The molecule has 1 saturated heterocycles. The second-order valence-corrected chi connectivity index (χ2v) is 8.91. The van der Waals surface area contributed by atoms with Crippen LogP contribution in [-0.2, 0) is 16.2 Å². The van der Waals surface area contributed by atoms with Crippen LogP contribution < -0.4 is 15.0 Å². The lowest BCUT2D eigenvalue weighted by molar-refractivity contribution is -0.122. The number of imide groups is 2. The number of anilines is 1. The van der Waals surface area contributed by atoms with Crippen LogP contribution in [0.15, 0.2) is 84.4 Å². The predicted molar refractivity (Wildman–Crippen MR) is 140 cm³/mol. The Labute approximate surface area is 216 Å². The molecule has 5 rings (SSSR count). The molecule has 184 valence electrons. The number of urea groups is 1. The maximum absolute atomic E-state index is 13.5. The van der Waals surface area contributed by atoms with Crippen molar-refractivity contribution < 1.29 is 23.5 Å². The van der Waals surface area contributed by atoms with Gasteiger partial charge in [0.15, 0.2) is 0 Å². The van der Waals surface area contributed by atoms with Crippen molar-refractivity contribution in [1.82, 2.24) is 5.32 Å². The highest BCUT2D eigenvalue weighted by Crippen LogP contribution is 2.33. The lowest BCUT2D eigenvalue weighted by atomic mass is 9.99. The van der Waals surface area contributed by atoms with E-state index in [9.17, 15) is 18.8 Å². The molecule has 0 radical (unpaired) electrons. The summed E-state index contributed by atoms with van der Waals surface area (Å²) >= 11 is 6.21. The number of fused-ring (bicyclic) bond motifs is 1. The average Bonchev–Trinajstić information content (AvgIpc) is 2.88. The minimum atomic E-state index is -0.863. The predicted octanol–water partition coefficient (Wildman–Crippen LogP) is 6.19. The van der Waals surface area contributed by atoms with Gasteiger partial charge in [-0.1, -0.05) is 60.1 Å². The molecule has 4 amide bonds. The first-order chi connectivity index (χ1) is 17.8. The molecule has 0 atom stereocenters. The van der Waals surface area contributed by atoms with Crippen molar-refractivity contribution in [2.75, 3.05) is 4.90 Å². The fraction of sp³-hybridized carbons (Fsp3) is 0.0690. The molecule has 0 spiro atoms. The molecule has 1 N–H and O–H groups in total. The summed E-state index contributed by atoms with van der Waals surface area (Å²) in [5, 5.41) is 4.22. The number of rotatable bonds is 5. The van der Waals surface area contributed by atoms with Crippen LogP contribution in [0.1, 0.15) is 16.7 Å². The second kappa shape index (κ2) is 9.87. The Morgan fingerprint density at radius 2 is 1.73 bits per heavy atom. The molecule has 0 bridgehead atoms. The molecule has 1 aliphatic rings. The zero-order valence-corrected chi connectivity index (χ0v) is 20.4. The van der Waals surface area contributed by atoms with Crippen molar-refractivity contribution in [2.24, 2.45) is 0 Å². The number of nitrogens with one attached hydrogen (secondary N) is 1. The van der Waals surface area contributed by atoms with Gasteiger partial charge < -0.3 is 4.74 Å². The van der Waals surface area contributed by atoms with E-state index < -0.39 is 17.8 Å². The second-order valence-electron chi connectivity index (χ2n) is 8.50. The molecule has 1 fully saturated rings. The molecule has 4 aromatic carbocycles. The summed E-state index contributed by atoms with van der Waals surface area (Å²) < 4.78 is 19.3. The van der Waals surface area contributed by atoms with Crippen LogP contribution in [0.5, 0.6) is 5.75 Å². The molecule has 1 aliphatic heterocycles. The Morgan fingerprint density at radius 3 is 2.49 bits per heavy atom. The third-order valence-corrected chi connectivity index (χ3v) is 6.45. The number of hydrogen-bond acceptors (Lipinski definition) is 4. The zero-order valence-electron chi connectivity index (χ0n) is 19.6. The maximum Gasteiger partial charge on any atom is 0.335 e. The number of amides is 4. The molecule has 6 nitrogen and oxygen atoms in total. The Morgan fingerprint density at radius 1 is 0.973 bits per heavy atom. The first-order valence-electron chi connectivity index (χ1n) is 11.4. The number of halogens is 2. The van der Waals surface area contributed by atoms with Gasteiger partial charge in [-0.2, -0.15) is 0 Å². The summed E-state index contributed by atoms with van der Waals surface area (Å²) in [7, 11) is 0. The Kier molecular flexibility index (Phi) is 6.46. The van der Waals surface area contributed by atoms with Gasteiger partial charge >= 0.3 is 6.03 Å². The van der Waals surface area contributed by atoms with Crippen molar-refractivity contribution in [1.29, 1.82) is 0 Å². The standard InChI is InChI=1S/C29H20ClFN2O4/c1-17-6-12-21(14-25(17)30)33-28(35)24(27(34)32-29(33)36)15-23-22-5-3-2-4-19(22)9-13-26(23)37-16-18-7-10-20(31)11-8-18/h2-15H,16H2,1H3,(H,32,34,36)/b24-15+. The zero-order chi connectivity index (χ0) is 26.1. The van der Waals surface area contributed by atoms with Crippen LogP contribution >= 0.6 is 11.6 Å². The van der Waals surface area contributed by atoms with E-state index in [1.807, 2.05) is 30.3 Å². The summed E-state index contributed by atoms with van der Waals surface area (Å²) in [6, 6.07) is 20.9. The van der Waals surface area contributed by atoms with Crippen molar-refractivity contribution in [3.63, 3.8) is 0 Å². The quantitative estimate of drug-likeness (QED) is 0.255. The Balaban J connectivity index is 1.58. The average molecular weight is 515 g/mol. The van der Waals surface area contributed by atoms with Gasteiger partial charge in [0, 0.05) is 10.6 Å². The smallest absolute Gasteiger partial charge is 0.335 e. The number of barbiturate groups is 1. The minimum Gasteiger partial charge on any atom is -0.488 e. The van der Waals surface area contributed by atoms with Gasteiger partial charge in [0.25, 0.3) is 11.8 Å². The van der Waals surface area contributed by atoms with E-state index in [0.29, 0.717) is 16.3 Å². The summed E-state index contributed by atoms with van der Waals surface area (Å²) in [5.41, 5.74) is 2.02. The minimum absolute atomic E-state index is 0.140. The number of nitrogens with zero attached hydrogens (tertiary/aromatic N) is 1. The van der Waals surface area contributed by atoms with E-state index in [0.717, 1.165) is 26.8 Å². The summed E-state index contributed by atoms with van der Waals surface area (Å²) in [6.45, 7) is 1.94. The lowest BCUT2D eigenvalue weighted by Gasteiger charge is -2.27. The number of carbonyl (C=O) groups is 3. The maximum atomic E-state index is 13.5. The van der Waals surface area contributed by atoms with Crippen molar-refractivity contribution in [3.05, 3.63) is 112 Å². The van der Waals surface area contributed by atoms with Gasteiger partial charge in [0.1, 0.15) is 23.7 Å². The summed E-state index contributed by atoms with van der Waals surface area (Å²) in [5.74, 6) is -1.54. The topological polar surface area (TPSA) is 75.7 Å². The van der Waals surface area contributed by atoms with Crippen LogP contribution in [0.4, 0.5) is 14.9 Å². The van der Waals surface area contributed by atoms with Crippen molar-refractivity contribution in [2.45, 2.75) is 13.5 Å². The van der Waals surface area contributed by atoms with Crippen LogP contribution in [0.25, 0.3) is 16.8 Å². The van der Waals surface area contributed by atoms with Crippen molar-refractivity contribution in [3.8, 4) is 5.75 Å². The number of hydrogen-bond donors (Lipinski definition) is 1. The highest BCUT2D eigenvalue weighted by molar-refractivity contribution is 6.40. The van der Waals surface area contributed by atoms with E-state index in [1.54, 1.807) is 37.3 Å². The van der Waals surface area contributed by atoms with Gasteiger partial charge in [0.2, 0.25) is 0 Å². The molecule has 0 aromatic heterocycles. The Hall–Kier alpha value is -4.49. The number of ether oxygens (including phenoxy) is 1.